The first-order chi connectivity index (χ1) is 13.3. The van der Waals surface area contributed by atoms with E-state index in [0.29, 0.717) is 12.5 Å². The van der Waals surface area contributed by atoms with Crippen molar-refractivity contribution >= 4 is 52.1 Å². The second-order valence-corrected chi connectivity index (χ2v) is 7.60. The smallest absolute Gasteiger partial charge is 0.191 e. The zero-order valence-corrected chi connectivity index (χ0v) is 19.0. The van der Waals surface area contributed by atoms with Crippen LogP contribution >= 0.6 is 35.3 Å². The van der Waals surface area contributed by atoms with Crippen molar-refractivity contribution in [1.82, 2.24) is 9.88 Å². The van der Waals surface area contributed by atoms with Crippen LogP contribution in [-0.4, -0.2) is 68.3 Å². The van der Waals surface area contributed by atoms with Gasteiger partial charge in [0.05, 0.1) is 19.8 Å². The topological polar surface area (TPSA) is 70.2 Å². The van der Waals surface area contributed by atoms with Crippen molar-refractivity contribution < 1.29 is 4.74 Å². The summed E-state index contributed by atoms with van der Waals surface area (Å²) in [5.74, 6) is 0.631. The fourth-order valence-corrected chi connectivity index (χ4v) is 4.10. The second kappa shape index (κ2) is 10.3. The molecule has 4 rings (SSSR count). The number of rotatable bonds is 4. The molecule has 0 bridgehead atoms. The molecule has 152 valence electrons. The number of aromatic nitrogens is 1. The van der Waals surface area contributed by atoms with Crippen LogP contribution in [0.4, 0.5) is 10.8 Å². The largest absolute Gasteiger partial charge is 0.378 e. The molecule has 2 fully saturated rings. The molecule has 0 spiro atoms. The average Bonchev–Trinajstić information content (AvgIpc) is 3.28. The Balaban J connectivity index is 0.00000225. The maximum absolute atomic E-state index is 6.23. The van der Waals surface area contributed by atoms with Gasteiger partial charge in [0.2, 0.25) is 0 Å². The summed E-state index contributed by atoms with van der Waals surface area (Å²) in [6.07, 6.45) is 1.85. The van der Waals surface area contributed by atoms with Crippen LogP contribution in [0.1, 0.15) is 5.56 Å². The number of anilines is 2. The predicted octanol–water partition coefficient (Wildman–Crippen LogP) is 2.23. The number of thiazole rings is 1. The van der Waals surface area contributed by atoms with E-state index in [4.69, 9.17) is 10.5 Å². The number of hydrogen-bond donors (Lipinski definition) is 1. The second-order valence-electron chi connectivity index (χ2n) is 6.73. The lowest BCUT2D eigenvalue weighted by Gasteiger charge is -2.35. The summed E-state index contributed by atoms with van der Waals surface area (Å²) >= 11 is 1.68. The molecular formula is C19H27IN6OS. The molecule has 0 atom stereocenters. The Labute approximate surface area is 187 Å². The lowest BCUT2D eigenvalue weighted by molar-refractivity contribution is 0.122. The highest BCUT2D eigenvalue weighted by Gasteiger charge is 2.19. The van der Waals surface area contributed by atoms with Crippen molar-refractivity contribution in [3.05, 3.63) is 41.4 Å². The lowest BCUT2D eigenvalue weighted by atomic mass is 10.2. The van der Waals surface area contributed by atoms with E-state index < -0.39 is 0 Å². The summed E-state index contributed by atoms with van der Waals surface area (Å²) in [5.41, 5.74) is 8.65. The number of piperazine rings is 1. The molecule has 1 aromatic carbocycles. The number of guanidine groups is 1. The van der Waals surface area contributed by atoms with E-state index in [9.17, 15) is 0 Å². The van der Waals surface area contributed by atoms with Gasteiger partial charge in [0.25, 0.3) is 0 Å². The van der Waals surface area contributed by atoms with Gasteiger partial charge in [0.1, 0.15) is 0 Å². The van der Waals surface area contributed by atoms with Crippen LogP contribution < -0.4 is 15.5 Å². The minimum atomic E-state index is 0. The Hall–Kier alpha value is -1.59. The van der Waals surface area contributed by atoms with Gasteiger partial charge in [-0.1, -0.05) is 12.1 Å². The van der Waals surface area contributed by atoms with E-state index >= 15 is 0 Å². The molecule has 3 heterocycles. The van der Waals surface area contributed by atoms with E-state index in [1.165, 1.54) is 11.3 Å². The molecule has 0 aliphatic carbocycles. The molecule has 0 radical (unpaired) electrons. The maximum atomic E-state index is 6.23. The summed E-state index contributed by atoms with van der Waals surface area (Å²) < 4.78 is 5.41. The van der Waals surface area contributed by atoms with Crippen LogP contribution in [0.5, 0.6) is 0 Å². The molecule has 2 aliphatic heterocycles. The molecule has 2 N–H and O–H groups in total. The molecule has 28 heavy (non-hydrogen) atoms. The summed E-state index contributed by atoms with van der Waals surface area (Å²) in [6, 6.07) is 8.61. The number of benzene rings is 1. The molecule has 1 aromatic heterocycles. The summed E-state index contributed by atoms with van der Waals surface area (Å²) in [6.45, 7) is 7.75. The number of nitrogens with two attached hydrogens (primary N) is 1. The van der Waals surface area contributed by atoms with Gasteiger partial charge in [-0.05, 0) is 17.7 Å². The van der Waals surface area contributed by atoms with Crippen LogP contribution in [0, 0.1) is 0 Å². The fourth-order valence-electron chi connectivity index (χ4n) is 3.40. The van der Waals surface area contributed by atoms with Crippen molar-refractivity contribution in [3.63, 3.8) is 0 Å². The summed E-state index contributed by atoms with van der Waals surface area (Å²) in [7, 11) is 0. The molecule has 0 amide bonds. The molecule has 0 unspecified atom stereocenters. The van der Waals surface area contributed by atoms with Gasteiger partial charge >= 0.3 is 0 Å². The van der Waals surface area contributed by atoms with E-state index in [1.807, 2.05) is 11.6 Å². The van der Waals surface area contributed by atoms with Gasteiger partial charge in [-0.25, -0.2) is 9.98 Å². The van der Waals surface area contributed by atoms with Gasteiger partial charge in [-0.2, -0.15) is 0 Å². The number of aliphatic imine (C=N–C) groups is 1. The van der Waals surface area contributed by atoms with Crippen LogP contribution in [0.2, 0.25) is 0 Å². The van der Waals surface area contributed by atoms with Gasteiger partial charge in [-0.3, -0.25) is 0 Å². The third-order valence-electron chi connectivity index (χ3n) is 5.03. The molecule has 7 nitrogen and oxygen atoms in total. The molecule has 2 aromatic rings. The first-order valence-electron chi connectivity index (χ1n) is 9.40. The Kier molecular flexibility index (Phi) is 7.74. The van der Waals surface area contributed by atoms with Crippen molar-refractivity contribution in [2.45, 2.75) is 6.54 Å². The van der Waals surface area contributed by atoms with Crippen LogP contribution in [0.3, 0.4) is 0 Å². The van der Waals surface area contributed by atoms with E-state index in [0.717, 1.165) is 57.6 Å². The van der Waals surface area contributed by atoms with E-state index in [1.54, 1.807) is 11.3 Å². The summed E-state index contributed by atoms with van der Waals surface area (Å²) in [5, 5.41) is 3.10. The Morgan fingerprint density at radius 3 is 2.39 bits per heavy atom. The van der Waals surface area contributed by atoms with Crippen LogP contribution in [0.15, 0.2) is 40.8 Å². The number of ether oxygens (including phenoxy) is 1. The highest BCUT2D eigenvalue weighted by Crippen LogP contribution is 2.19. The molecule has 2 saturated heterocycles. The number of nitrogens with zero attached hydrogens (tertiary/aromatic N) is 5. The predicted molar refractivity (Wildman–Crippen MR) is 126 cm³/mol. The average molecular weight is 514 g/mol. The third-order valence-corrected chi connectivity index (χ3v) is 5.86. The van der Waals surface area contributed by atoms with Crippen molar-refractivity contribution in [3.8, 4) is 0 Å². The minimum absolute atomic E-state index is 0. The SMILES string of the molecule is I.NC(=NCc1ccc(N2CCOCC2)cc1)N1CCN(c2nccs2)CC1. The van der Waals surface area contributed by atoms with Crippen molar-refractivity contribution in [2.24, 2.45) is 10.7 Å². The third kappa shape index (κ3) is 5.26. The van der Waals surface area contributed by atoms with Crippen LogP contribution in [-0.2, 0) is 11.3 Å². The molecule has 0 saturated carbocycles. The zero-order valence-electron chi connectivity index (χ0n) is 15.9. The molecular weight excluding hydrogens is 487 g/mol. The lowest BCUT2D eigenvalue weighted by Crippen LogP contribution is -2.51. The molecule has 9 heteroatoms. The maximum Gasteiger partial charge on any atom is 0.191 e. The minimum Gasteiger partial charge on any atom is -0.378 e. The summed E-state index contributed by atoms with van der Waals surface area (Å²) in [4.78, 5) is 15.8. The highest BCUT2D eigenvalue weighted by atomic mass is 127. The Morgan fingerprint density at radius 2 is 1.75 bits per heavy atom. The monoisotopic (exact) mass is 514 g/mol. The Morgan fingerprint density at radius 1 is 1.04 bits per heavy atom. The van der Waals surface area contributed by atoms with E-state index in [2.05, 4.69) is 48.9 Å². The highest BCUT2D eigenvalue weighted by molar-refractivity contribution is 14.0. The number of morpholine rings is 1. The van der Waals surface area contributed by atoms with Gasteiger partial charge in [0.15, 0.2) is 11.1 Å². The quantitative estimate of drug-likeness (QED) is 0.384. The first kappa shape index (κ1) is 21.1. The van der Waals surface area contributed by atoms with E-state index in [-0.39, 0.29) is 24.0 Å². The Bertz CT molecular complexity index is 740. The first-order valence-corrected chi connectivity index (χ1v) is 10.3. The normalized spacial score (nSPS) is 18.1. The van der Waals surface area contributed by atoms with Crippen molar-refractivity contribution in [1.29, 1.82) is 0 Å². The number of halogens is 1. The number of hydrogen-bond acceptors (Lipinski definition) is 6. The van der Waals surface area contributed by atoms with Crippen LogP contribution in [0.25, 0.3) is 0 Å². The van der Waals surface area contributed by atoms with Gasteiger partial charge in [-0.15, -0.1) is 35.3 Å². The fraction of sp³-hybridized carbons (Fsp3) is 0.474. The van der Waals surface area contributed by atoms with Gasteiger partial charge in [0, 0.05) is 56.5 Å². The zero-order chi connectivity index (χ0) is 18.5. The molecule has 2 aliphatic rings. The van der Waals surface area contributed by atoms with Gasteiger partial charge < -0.3 is 25.2 Å². The van der Waals surface area contributed by atoms with Crippen molar-refractivity contribution in [2.75, 3.05) is 62.3 Å². The standard InChI is InChI=1S/C19H26N6OS.HI/c20-18(24-6-8-25(9-7-24)19-21-5-14-27-19)22-15-16-1-3-17(4-2-16)23-10-12-26-13-11-23;/h1-5,14H,6-13,15H2,(H2,20,22);1H.